The molecule has 0 aliphatic carbocycles. The maximum atomic E-state index is 12.7. The fraction of sp³-hybridized carbons (Fsp3) is 0.143. The number of esters is 1. The molecule has 10 heteroatoms. The van der Waals surface area contributed by atoms with E-state index in [1.54, 1.807) is 0 Å². The Morgan fingerprint density at radius 3 is 2.48 bits per heavy atom. The topological polar surface area (TPSA) is 105 Å². The molecule has 0 bridgehead atoms. The van der Waals surface area contributed by atoms with E-state index in [2.05, 4.69) is 9.72 Å². The second-order valence-electron chi connectivity index (χ2n) is 5.81. The molecule has 0 amide bonds. The number of alkyl halides is 2. The Hall–Kier alpha value is -4.08. The van der Waals surface area contributed by atoms with Crippen molar-refractivity contribution in [2.75, 3.05) is 0 Å². The highest BCUT2D eigenvalue weighted by Crippen LogP contribution is 2.37. The van der Waals surface area contributed by atoms with Crippen LogP contribution in [0.2, 0.25) is 0 Å². The number of fused-ring (bicyclic) bond motifs is 3. The second-order valence-corrected chi connectivity index (χ2v) is 5.81. The predicted octanol–water partition coefficient (Wildman–Crippen LogP) is 5.74. The van der Waals surface area contributed by atoms with Crippen LogP contribution in [0.15, 0.2) is 59.3 Å². The highest BCUT2D eigenvalue weighted by atomic mass is 19.3. The van der Waals surface area contributed by atoms with Crippen molar-refractivity contribution in [2.45, 2.75) is 20.5 Å². The summed E-state index contributed by atoms with van der Waals surface area (Å²) in [5.41, 5.74) is 0.149. The van der Waals surface area contributed by atoms with E-state index in [0.29, 0.717) is 11.0 Å². The first-order valence-corrected chi connectivity index (χ1v) is 9.14. The lowest BCUT2D eigenvalue weighted by Crippen LogP contribution is -2.10. The maximum Gasteiger partial charge on any atom is 0.387 e. The lowest BCUT2D eigenvalue weighted by molar-refractivity contribution is -0.384. The van der Waals surface area contributed by atoms with Gasteiger partial charge in [-0.3, -0.25) is 15.1 Å². The van der Waals surface area contributed by atoms with Gasteiger partial charge in [0.1, 0.15) is 11.3 Å². The highest BCUT2D eigenvalue weighted by Gasteiger charge is 2.23. The summed E-state index contributed by atoms with van der Waals surface area (Å²) in [5, 5.41) is 11.3. The third-order valence-corrected chi connectivity index (χ3v) is 4.08. The molecular formula is C21H16F2N2O6. The van der Waals surface area contributed by atoms with Crippen molar-refractivity contribution in [1.82, 2.24) is 4.98 Å². The van der Waals surface area contributed by atoms with Crippen LogP contribution in [0, 0.1) is 10.1 Å². The molecule has 2 aromatic heterocycles. The molecule has 0 N–H and O–H groups in total. The molecule has 2 heterocycles. The van der Waals surface area contributed by atoms with Gasteiger partial charge in [-0.05, 0) is 30.3 Å². The van der Waals surface area contributed by atoms with Crippen molar-refractivity contribution in [2.24, 2.45) is 0 Å². The third-order valence-electron chi connectivity index (χ3n) is 4.08. The molecular weight excluding hydrogens is 414 g/mol. The number of nitro benzene ring substituents is 1. The van der Waals surface area contributed by atoms with Crippen molar-refractivity contribution >= 4 is 33.6 Å². The zero-order valence-electron chi connectivity index (χ0n) is 16.4. The summed E-state index contributed by atoms with van der Waals surface area (Å²) in [6.45, 7) is 0.919. The van der Waals surface area contributed by atoms with Crippen LogP contribution in [0.25, 0.3) is 21.9 Å². The molecule has 0 unspecified atom stereocenters. The lowest BCUT2D eigenvalue weighted by Gasteiger charge is -2.08. The van der Waals surface area contributed by atoms with Gasteiger partial charge in [-0.25, -0.2) is 4.79 Å². The molecule has 0 spiro atoms. The summed E-state index contributed by atoms with van der Waals surface area (Å²) < 4.78 is 40.8. The van der Waals surface area contributed by atoms with E-state index >= 15 is 0 Å². The van der Waals surface area contributed by atoms with Crippen molar-refractivity contribution in [1.29, 1.82) is 0 Å². The van der Waals surface area contributed by atoms with Gasteiger partial charge in [0.15, 0.2) is 11.3 Å². The van der Waals surface area contributed by atoms with Crippen molar-refractivity contribution in [3.63, 3.8) is 0 Å². The standard InChI is InChI=1S/C19H10F2N2O6.C2H6/c20-19(21)29-15-6-5-12(16-13-9-22-8-7-14(13)28-17(15)16)18(24)27-11-3-1-10(2-4-11)23(25)26;1-2/h1-9,19H;1-2H3. The van der Waals surface area contributed by atoms with E-state index in [0.717, 1.165) is 0 Å². The zero-order chi connectivity index (χ0) is 22.5. The Kier molecular flexibility index (Phi) is 6.39. The number of nitro groups is 1. The molecule has 0 aliphatic rings. The summed E-state index contributed by atoms with van der Waals surface area (Å²) >= 11 is 0. The van der Waals surface area contributed by atoms with Gasteiger partial charge in [-0.15, -0.1) is 0 Å². The number of ether oxygens (including phenoxy) is 2. The van der Waals surface area contributed by atoms with Gasteiger partial charge < -0.3 is 13.9 Å². The van der Waals surface area contributed by atoms with Gasteiger partial charge in [0.2, 0.25) is 0 Å². The molecule has 4 rings (SSSR count). The van der Waals surface area contributed by atoms with Crippen molar-refractivity contribution in [3.05, 3.63) is 70.5 Å². The van der Waals surface area contributed by atoms with E-state index in [-0.39, 0.29) is 33.7 Å². The molecule has 0 atom stereocenters. The average Bonchev–Trinajstić information content (AvgIpc) is 3.15. The molecule has 2 aromatic carbocycles. The van der Waals surface area contributed by atoms with Crippen LogP contribution < -0.4 is 9.47 Å². The minimum absolute atomic E-state index is 0.0340. The molecule has 0 aliphatic heterocycles. The van der Waals surface area contributed by atoms with Gasteiger partial charge in [-0.1, -0.05) is 13.8 Å². The molecule has 0 radical (unpaired) electrons. The van der Waals surface area contributed by atoms with Gasteiger partial charge in [-0.2, -0.15) is 8.78 Å². The largest absolute Gasteiger partial charge is 0.452 e. The maximum absolute atomic E-state index is 12.7. The number of carbonyl (C=O) groups excluding carboxylic acids is 1. The zero-order valence-corrected chi connectivity index (χ0v) is 16.4. The first-order valence-electron chi connectivity index (χ1n) is 9.14. The lowest BCUT2D eigenvalue weighted by atomic mass is 10.1. The first-order chi connectivity index (χ1) is 14.9. The number of hydrogen-bond acceptors (Lipinski definition) is 7. The summed E-state index contributed by atoms with van der Waals surface area (Å²) in [6, 6.07) is 8.90. The van der Waals surface area contributed by atoms with Gasteiger partial charge in [0.25, 0.3) is 5.69 Å². The van der Waals surface area contributed by atoms with E-state index < -0.39 is 17.5 Å². The fourth-order valence-electron chi connectivity index (χ4n) is 2.86. The van der Waals surface area contributed by atoms with Crippen LogP contribution in [-0.2, 0) is 0 Å². The van der Waals surface area contributed by atoms with E-state index in [1.807, 2.05) is 13.8 Å². The Morgan fingerprint density at radius 2 is 1.84 bits per heavy atom. The van der Waals surface area contributed by atoms with Gasteiger partial charge in [0, 0.05) is 35.3 Å². The molecule has 160 valence electrons. The molecule has 0 saturated heterocycles. The number of carbonyl (C=O) groups is 1. The molecule has 8 nitrogen and oxygen atoms in total. The average molecular weight is 430 g/mol. The summed E-state index contributed by atoms with van der Waals surface area (Å²) in [7, 11) is 0. The Balaban J connectivity index is 0.00000132. The SMILES string of the molecule is CC.O=C(Oc1ccc([N+](=O)[O-])cc1)c1ccc(OC(F)F)c2oc3ccncc3c12. The molecule has 0 saturated carbocycles. The number of halogens is 2. The van der Waals surface area contributed by atoms with Crippen LogP contribution in [0.3, 0.4) is 0 Å². The van der Waals surface area contributed by atoms with Crippen molar-refractivity contribution < 1.29 is 32.4 Å². The minimum Gasteiger partial charge on any atom is -0.452 e. The van der Waals surface area contributed by atoms with Crippen LogP contribution in [0.5, 0.6) is 11.5 Å². The number of hydrogen-bond donors (Lipinski definition) is 0. The Morgan fingerprint density at radius 1 is 1.13 bits per heavy atom. The monoisotopic (exact) mass is 430 g/mol. The Labute approximate surface area is 174 Å². The number of aromatic nitrogens is 1. The summed E-state index contributed by atoms with van der Waals surface area (Å²) in [4.78, 5) is 26.8. The number of benzene rings is 2. The van der Waals surface area contributed by atoms with Gasteiger partial charge in [0.05, 0.1) is 10.5 Å². The smallest absolute Gasteiger partial charge is 0.387 e. The Bertz CT molecular complexity index is 1240. The molecule has 31 heavy (non-hydrogen) atoms. The third kappa shape index (κ3) is 4.42. The van der Waals surface area contributed by atoms with Crippen LogP contribution in [-0.4, -0.2) is 22.5 Å². The molecule has 4 aromatic rings. The number of non-ortho nitro benzene ring substituents is 1. The number of rotatable bonds is 5. The molecule has 0 fully saturated rings. The van der Waals surface area contributed by atoms with E-state index in [9.17, 15) is 23.7 Å². The summed E-state index contributed by atoms with van der Waals surface area (Å²) in [5.74, 6) is -0.968. The summed E-state index contributed by atoms with van der Waals surface area (Å²) in [6.07, 6.45) is 2.88. The quantitative estimate of drug-likeness (QED) is 0.172. The van der Waals surface area contributed by atoms with E-state index in [1.165, 1.54) is 54.9 Å². The normalized spacial score (nSPS) is 10.6. The van der Waals surface area contributed by atoms with Gasteiger partial charge >= 0.3 is 12.6 Å². The predicted molar refractivity (Wildman–Crippen MR) is 108 cm³/mol. The minimum atomic E-state index is -3.08. The van der Waals surface area contributed by atoms with E-state index in [4.69, 9.17) is 9.15 Å². The van der Waals surface area contributed by atoms with Crippen LogP contribution >= 0.6 is 0 Å². The number of furan rings is 1. The van der Waals surface area contributed by atoms with Crippen LogP contribution in [0.1, 0.15) is 24.2 Å². The fourth-order valence-corrected chi connectivity index (χ4v) is 2.86. The van der Waals surface area contributed by atoms with Crippen LogP contribution in [0.4, 0.5) is 14.5 Å². The van der Waals surface area contributed by atoms with Crippen molar-refractivity contribution in [3.8, 4) is 11.5 Å². The number of pyridine rings is 1. The highest BCUT2D eigenvalue weighted by molar-refractivity contribution is 6.16. The first kappa shape index (κ1) is 21.6. The second kappa shape index (κ2) is 9.16. The number of nitrogens with zero attached hydrogens (tertiary/aromatic N) is 2.